The molecule has 0 unspecified atom stereocenters. The number of phenolic OH excluding ortho intramolecular Hbond substituents is 1. The number of carbonyl (C=O) groups is 3. The van der Waals surface area contributed by atoms with Crippen molar-refractivity contribution in [3.8, 4) is 5.75 Å². The van der Waals surface area contributed by atoms with E-state index in [1.807, 2.05) is 13.8 Å². The van der Waals surface area contributed by atoms with Crippen LogP contribution in [-0.2, 0) is 25.5 Å². The number of cyclic esters (lactones) is 2. The second kappa shape index (κ2) is 9.63. The minimum atomic E-state index is -1.62. The van der Waals surface area contributed by atoms with Crippen LogP contribution in [0, 0.1) is 5.92 Å². The topological polar surface area (TPSA) is 148 Å². The lowest BCUT2D eigenvalue weighted by atomic mass is 9.90. The van der Waals surface area contributed by atoms with Crippen LogP contribution >= 0.6 is 12.4 Å². The predicted octanol–water partition coefficient (Wildman–Crippen LogP) is 0.430. The number of rotatable bonds is 6. The number of hydrogen-bond donors (Lipinski definition) is 4. The van der Waals surface area contributed by atoms with Gasteiger partial charge in [0.2, 0.25) is 0 Å². The Balaban J connectivity index is 0.00000320. The molecule has 9 nitrogen and oxygen atoms in total. The van der Waals surface area contributed by atoms with Crippen LogP contribution in [0.5, 0.6) is 5.75 Å². The molecule has 5 N–H and O–H groups in total. The van der Waals surface area contributed by atoms with Crippen molar-refractivity contribution >= 4 is 30.3 Å². The van der Waals surface area contributed by atoms with Crippen LogP contribution in [0.25, 0.3) is 0 Å². The molecule has 5 atom stereocenters. The number of hydrogen-bond acceptors (Lipinski definition) is 8. The molecule has 1 saturated heterocycles. The maximum Gasteiger partial charge on any atom is 0.342 e. The maximum absolute atomic E-state index is 12.6. The molecule has 30 heavy (non-hydrogen) atoms. The number of esters is 2. The van der Waals surface area contributed by atoms with Gasteiger partial charge in [0.05, 0.1) is 18.5 Å². The van der Waals surface area contributed by atoms with E-state index < -0.39 is 48.2 Å². The number of amides is 1. The zero-order chi connectivity index (χ0) is 21.3. The standard InChI is InChI=1S/C20H26N2O7.ClH/c1-9(2)6-12(22-19(26)17(25)18-11(21)8-15(24)29-18)14-7-10-4-3-5-13(23)16(10)20(27)28-14;/h3-5,9,11-12,14,17-18,23,25H,6-8,21H2,1-2H3,(H,22,26);1H/t11-,12-,14-,17-,18-;/m0./s1. The number of aromatic hydroxyl groups is 1. The first-order chi connectivity index (χ1) is 13.7. The van der Waals surface area contributed by atoms with E-state index in [1.165, 1.54) is 6.07 Å². The van der Waals surface area contributed by atoms with Crippen LogP contribution in [-0.4, -0.2) is 58.5 Å². The summed E-state index contributed by atoms with van der Waals surface area (Å²) in [6, 6.07) is 3.43. The van der Waals surface area contributed by atoms with Crippen LogP contribution in [0.3, 0.4) is 0 Å². The van der Waals surface area contributed by atoms with Crippen molar-refractivity contribution in [2.75, 3.05) is 0 Å². The van der Waals surface area contributed by atoms with Crippen molar-refractivity contribution in [2.24, 2.45) is 11.7 Å². The summed E-state index contributed by atoms with van der Waals surface area (Å²) in [4.78, 5) is 36.4. The Labute approximate surface area is 180 Å². The molecule has 1 amide bonds. The Kier molecular flexibility index (Phi) is 7.68. The fourth-order valence-electron chi connectivity index (χ4n) is 3.79. The Bertz CT molecular complexity index is 816. The number of halogens is 1. The highest BCUT2D eigenvalue weighted by atomic mass is 35.5. The van der Waals surface area contributed by atoms with Crippen molar-refractivity contribution in [3.05, 3.63) is 29.3 Å². The maximum atomic E-state index is 12.6. The molecule has 2 heterocycles. The average molecular weight is 443 g/mol. The lowest BCUT2D eigenvalue weighted by Crippen LogP contribution is -2.55. The monoisotopic (exact) mass is 442 g/mol. The van der Waals surface area contributed by atoms with Crippen molar-refractivity contribution < 1.29 is 34.1 Å². The molecule has 2 aliphatic heterocycles. The summed E-state index contributed by atoms with van der Waals surface area (Å²) < 4.78 is 10.4. The fourth-order valence-corrected chi connectivity index (χ4v) is 3.79. The molecule has 10 heteroatoms. The molecule has 0 aromatic heterocycles. The van der Waals surface area contributed by atoms with E-state index in [0.29, 0.717) is 18.4 Å². The van der Waals surface area contributed by atoms with E-state index in [0.717, 1.165) is 0 Å². The predicted molar refractivity (Wildman–Crippen MR) is 108 cm³/mol. The summed E-state index contributed by atoms with van der Waals surface area (Å²) in [6.07, 6.45) is -2.68. The zero-order valence-electron chi connectivity index (χ0n) is 16.7. The van der Waals surface area contributed by atoms with E-state index in [4.69, 9.17) is 15.2 Å². The SMILES string of the molecule is CC(C)C[C@H](NC(=O)[C@@H](O)[C@H]1OC(=O)C[C@@H]1N)[C@@H]1Cc2cccc(O)c2C(=O)O1.Cl. The number of nitrogens with one attached hydrogen (secondary N) is 1. The van der Waals surface area contributed by atoms with Gasteiger partial charge in [0.15, 0.2) is 12.2 Å². The number of aliphatic hydroxyl groups is 1. The summed E-state index contributed by atoms with van der Waals surface area (Å²) in [6.45, 7) is 3.91. The smallest absolute Gasteiger partial charge is 0.342 e. The Morgan fingerprint density at radius 3 is 2.57 bits per heavy atom. The number of aliphatic hydroxyl groups excluding tert-OH is 1. The summed E-state index contributed by atoms with van der Waals surface area (Å²) >= 11 is 0. The highest BCUT2D eigenvalue weighted by Gasteiger charge is 2.42. The molecule has 0 bridgehead atoms. The number of benzene rings is 1. The van der Waals surface area contributed by atoms with Gasteiger partial charge in [-0.1, -0.05) is 26.0 Å². The van der Waals surface area contributed by atoms with E-state index in [-0.39, 0.29) is 36.1 Å². The van der Waals surface area contributed by atoms with Crippen molar-refractivity contribution in [1.29, 1.82) is 0 Å². The number of ether oxygens (including phenoxy) is 2. The van der Waals surface area contributed by atoms with Gasteiger partial charge in [0, 0.05) is 6.42 Å². The molecule has 0 radical (unpaired) electrons. The minimum absolute atomic E-state index is 0. The fraction of sp³-hybridized carbons (Fsp3) is 0.550. The van der Waals surface area contributed by atoms with Gasteiger partial charge in [0.25, 0.3) is 5.91 Å². The number of phenols is 1. The summed E-state index contributed by atoms with van der Waals surface area (Å²) in [5.41, 5.74) is 6.52. The molecule has 1 aromatic carbocycles. The molecule has 1 aromatic rings. The molecule has 3 rings (SSSR count). The molecular formula is C20H27ClN2O7. The molecule has 0 spiro atoms. The van der Waals surface area contributed by atoms with Crippen molar-refractivity contribution in [3.63, 3.8) is 0 Å². The van der Waals surface area contributed by atoms with Gasteiger partial charge in [-0.05, 0) is 24.0 Å². The zero-order valence-corrected chi connectivity index (χ0v) is 17.6. The summed E-state index contributed by atoms with van der Waals surface area (Å²) in [5.74, 6) is -1.96. The Morgan fingerprint density at radius 1 is 1.27 bits per heavy atom. The van der Waals surface area contributed by atoms with Gasteiger partial charge in [-0.2, -0.15) is 0 Å². The van der Waals surface area contributed by atoms with Gasteiger partial charge in [-0.3, -0.25) is 9.59 Å². The average Bonchev–Trinajstić information content (AvgIpc) is 2.97. The third-order valence-corrected chi connectivity index (χ3v) is 5.19. The van der Waals surface area contributed by atoms with Gasteiger partial charge >= 0.3 is 11.9 Å². The van der Waals surface area contributed by atoms with Crippen LogP contribution in [0.1, 0.15) is 42.6 Å². The third kappa shape index (κ3) is 5.03. The first-order valence-corrected chi connectivity index (χ1v) is 9.62. The minimum Gasteiger partial charge on any atom is -0.507 e. The van der Waals surface area contributed by atoms with Gasteiger partial charge in [-0.25, -0.2) is 4.79 Å². The van der Waals surface area contributed by atoms with E-state index >= 15 is 0 Å². The third-order valence-electron chi connectivity index (χ3n) is 5.19. The first kappa shape index (κ1) is 23.9. The number of nitrogens with two attached hydrogens (primary N) is 1. The second-order valence-corrected chi connectivity index (χ2v) is 7.97. The van der Waals surface area contributed by atoms with Crippen LogP contribution in [0.15, 0.2) is 18.2 Å². The Morgan fingerprint density at radius 2 is 1.97 bits per heavy atom. The Hall–Kier alpha value is -2.36. The first-order valence-electron chi connectivity index (χ1n) is 9.62. The van der Waals surface area contributed by atoms with E-state index in [2.05, 4.69) is 5.32 Å². The van der Waals surface area contributed by atoms with Crippen molar-refractivity contribution in [2.45, 2.75) is 63.5 Å². The quantitative estimate of drug-likeness (QED) is 0.463. The van der Waals surface area contributed by atoms with Crippen LogP contribution in [0.4, 0.5) is 0 Å². The molecule has 166 valence electrons. The van der Waals surface area contributed by atoms with Gasteiger partial charge < -0.3 is 30.7 Å². The van der Waals surface area contributed by atoms with Crippen molar-refractivity contribution in [1.82, 2.24) is 5.32 Å². The van der Waals surface area contributed by atoms with Crippen LogP contribution in [0.2, 0.25) is 0 Å². The van der Waals surface area contributed by atoms with Gasteiger partial charge in [-0.15, -0.1) is 12.4 Å². The second-order valence-electron chi connectivity index (χ2n) is 7.97. The number of carbonyl (C=O) groups excluding carboxylic acids is 3. The summed E-state index contributed by atoms with van der Waals surface area (Å²) in [5, 5.41) is 23.0. The highest BCUT2D eigenvalue weighted by Crippen LogP contribution is 2.30. The van der Waals surface area contributed by atoms with Crippen LogP contribution < -0.4 is 11.1 Å². The molecule has 0 aliphatic carbocycles. The normalized spacial score (nSPS) is 24.9. The lowest BCUT2D eigenvalue weighted by molar-refractivity contribution is -0.150. The molecule has 1 fully saturated rings. The van der Waals surface area contributed by atoms with E-state index in [9.17, 15) is 24.6 Å². The van der Waals surface area contributed by atoms with E-state index in [1.54, 1.807) is 12.1 Å². The van der Waals surface area contributed by atoms with Gasteiger partial charge in [0.1, 0.15) is 17.4 Å². The highest BCUT2D eigenvalue weighted by molar-refractivity contribution is 5.95. The lowest BCUT2D eigenvalue weighted by Gasteiger charge is -2.33. The molecular weight excluding hydrogens is 416 g/mol. The largest absolute Gasteiger partial charge is 0.507 e. The number of fused-ring (bicyclic) bond motifs is 1. The summed E-state index contributed by atoms with van der Waals surface area (Å²) in [7, 11) is 0. The molecule has 0 saturated carbocycles. The molecule has 2 aliphatic rings.